The topological polar surface area (TPSA) is 68.2 Å². The first-order chi connectivity index (χ1) is 12.6. The Bertz CT molecular complexity index is 846. The predicted octanol–water partition coefficient (Wildman–Crippen LogP) is 2.81. The number of benzene rings is 2. The van der Waals surface area contributed by atoms with Gasteiger partial charge in [-0.1, -0.05) is 35.5 Å². The fourth-order valence-electron chi connectivity index (χ4n) is 2.81. The van der Waals surface area contributed by atoms with Gasteiger partial charge in [0.1, 0.15) is 5.75 Å². The Kier molecular flexibility index (Phi) is 5.31. The van der Waals surface area contributed by atoms with Crippen LogP contribution in [0.1, 0.15) is 28.4 Å². The second-order valence-electron chi connectivity index (χ2n) is 6.01. The number of nitrogens with zero attached hydrogens (tertiary/aromatic N) is 2. The number of hydrogen-bond acceptors (Lipinski definition) is 5. The summed E-state index contributed by atoms with van der Waals surface area (Å²) in [5, 5.41) is 4.08. The van der Waals surface area contributed by atoms with Crippen molar-refractivity contribution in [3.8, 4) is 5.75 Å². The molecule has 3 rings (SSSR count). The summed E-state index contributed by atoms with van der Waals surface area (Å²) in [7, 11) is 1.56. The van der Waals surface area contributed by atoms with E-state index in [4.69, 9.17) is 9.57 Å². The second kappa shape index (κ2) is 7.82. The Labute approximate surface area is 152 Å². The minimum atomic E-state index is -0.179. The standard InChI is InChI=1S/C20H20N2O4/c1-14(23)16-8-9-18(25-2)17(11-16)12-22-19(21-26-13-20(22)24)10-15-6-4-3-5-7-15/h3-9,11H,10,12-13H2,1-2H3. The average molecular weight is 352 g/mol. The van der Waals surface area contributed by atoms with Gasteiger partial charge in [0.2, 0.25) is 0 Å². The van der Waals surface area contributed by atoms with Crippen LogP contribution in [-0.4, -0.2) is 36.1 Å². The van der Waals surface area contributed by atoms with Crippen LogP contribution in [0.4, 0.5) is 0 Å². The van der Waals surface area contributed by atoms with Crippen molar-refractivity contribution >= 4 is 17.5 Å². The number of ether oxygens (including phenoxy) is 1. The van der Waals surface area contributed by atoms with Gasteiger partial charge in [-0.15, -0.1) is 0 Å². The molecule has 1 aliphatic heterocycles. The fraction of sp³-hybridized carbons (Fsp3) is 0.250. The zero-order valence-corrected chi connectivity index (χ0v) is 14.8. The summed E-state index contributed by atoms with van der Waals surface area (Å²) in [6.45, 7) is 1.67. The lowest BCUT2D eigenvalue weighted by Crippen LogP contribution is -2.42. The third kappa shape index (κ3) is 3.91. The maximum atomic E-state index is 12.4. The number of rotatable bonds is 6. The van der Waals surface area contributed by atoms with Gasteiger partial charge in [-0.25, -0.2) is 0 Å². The predicted molar refractivity (Wildman–Crippen MR) is 97.1 cm³/mol. The van der Waals surface area contributed by atoms with Gasteiger partial charge in [0.05, 0.1) is 13.7 Å². The zero-order chi connectivity index (χ0) is 18.5. The molecule has 6 nitrogen and oxygen atoms in total. The summed E-state index contributed by atoms with van der Waals surface area (Å²) >= 11 is 0. The molecule has 0 aliphatic carbocycles. The first-order valence-electron chi connectivity index (χ1n) is 8.29. The number of hydrogen-bond donors (Lipinski definition) is 0. The minimum absolute atomic E-state index is 0.0413. The largest absolute Gasteiger partial charge is 0.496 e. The number of amides is 1. The van der Waals surface area contributed by atoms with E-state index in [9.17, 15) is 9.59 Å². The van der Waals surface area contributed by atoms with Crippen molar-refractivity contribution in [3.63, 3.8) is 0 Å². The van der Waals surface area contributed by atoms with Crippen LogP contribution < -0.4 is 4.74 Å². The van der Waals surface area contributed by atoms with Crippen LogP contribution >= 0.6 is 0 Å². The number of oxime groups is 1. The van der Waals surface area contributed by atoms with E-state index >= 15 is 0 Å². The van der Waals surface area contributed by atoms with Crippen LogP contribution in [0.3, 0.4) is 0 Å². The summed E-state index contributed by atoms with van der Waals surface area (Å²) in [6, 6.07) is 15.0. The number of Topliss-reactive ketones (excluding diaryl/α,β-unsaturated/α-hetero) is 1. The van der Waals surface area contributed by atoms with E-state index in [0.717, 1.165) is 11.1 Å². The molecule has 1 amide bonds. The van der Waals surface area contributed by atoms with Gasteiger partial charge in [0.15, 0.2) is 18.2 Å². The van der Waals surface area contributed by atoms with E-state index in [1.807, 2.05) is 30.3 Å². The number of methoxy groups -OCH3 is 1. The van der Waals surface area contributed by atoms with Crippen molar-refractivity contribution in [2.45, 2.75) is 19.9 Å². The Morgan fingerprint density at radius 1 is 1.23 bits per heavy atom. The van der Waals surface area contributed by atoms with E-state index in [2.05, 4.69) is 5.16 Å². The first kappa shape index (κ1) is 17.7. The van der Waals surface area contributed by atoms with Gasteiger partial charge >= 0.3 is 0 Å². The summed E-state index contributed by atoms with van der Waals surface area (Å²) in [5.74, 6) is 0.928. The zero-order valence-electron chi connectivity index (χ0n) is 14.8. The number of amidine groups is 1. The third-order valence-electron chi connectivity index (χ3n) is 4.19. The molecule has 0 bridgehead atoms. The molecule has 26 heavy (non-hydrogen) atoms. The highest BCUT2D eigenvalue weighted by atomic mass is 16.6. The van der Waals surface area contributed by atoms with Crippen LogP contribution in [0.5, 0.6) is 5.75 Å². The molecule has 0 radical (unpaired) electrons. The van der Waals surface area contributed by atoms with Crippen LogP contribution in [0.2, 0.25) is 0 Å². The van der Waals surface area contributed by atoms with E-state index in [0.29, 0.717) is 23.6 Å². The number of carbonyl (C=O) groups excluding carboxylic acids is 2. The van der Waals surface area contributed by atoms with Gasteiger partial charge in [-0.3, -0.25) is 14.5 Å². The molecule has 1 heterocycles. The van der Waals surface area contributed by atoms with Gasteiger partial charge in [-0.2, -0.15) is 0 Å². The van der Waals surface area contributed by atoms with Crippen molar-refractivity contribution in [3.05, 3.63) is 65.2 Å². The van der Waals surface area contributed by atoms with Gasteiger partial charge in [-0.05, 0) is 30.7 Å². The summed E-state index contributed by atoms with van der Waals surface area (Å²) < 4.78 is 5.39. The lowest BCUT2D eigenvalue weighted by molar-refractivity contribution is -0.135. The minimum Gasteiger partial charge on any atom is -0.496 e. The molecule has 0 spiro atoms. The lowest BCUT2D eigenvalue weighted by atomic mass is 10.1. The molecule has 0 saturated heterocycles. The van der Waals surface area contributed by atoms with Crippen LogP contribution in [0.15, 0.2) is 53.7 Å². The van der Waals surface area contributed by atoms with Gasteiger partial charge in [0.25, 0.3) is 5.91 Å². The molecule has 0 atom stereocenters. The summed E-state index contributed by atoms with van der Waals surface area (Å²) in [4.78, 5) is 30.8. The monoisotopic (exact) mass is 352 g/mol. The molecular weight excluding hydrogens is 332 g/mol. The van der Waals surface area contributed by atoms with Crippen LogP contribution in [-0.2, 0) is 22.6 Å². The third-order valence-corrected chi connectivity index (χ3v) is 4.19. The quantitative estimate of drug-likeness (QED) is 0.750. The van der Waals surface area contributed by atoms with E-state index in [1.165, 1.54) is 6.92 Å². The van der Waals surface area contributed by atoms with Crippen molar-refractivity contribution in [2.24, 2.45) is 5.16 Å². The maximum absolute atomic E-state index is 12.4. The Morgan fingerprint density at radius 2 is 2.00 bits per heavy atom. The fourth-order valence-corrected chi connectivity index (χ4v) is 2.81. The van der Waals surface area contributed by atoms with Crippen molar-refractivity contribution in [1.82, 2.24) is 4.90 Å². The van der Waals surface area contributed by atoms with Gasteiger partial charge < -0.3 is 9.57 Å². The molecule has 0 unspecified atom stereocenters. The van der Waals surface area contributed by atoms with Crippen molar-refractivity contribution in [1.29, 1.82) is 0 Å². The van der Waals surface area contributed by atoms with Crippen LogP contribution in [0, 0.1) is 0 Å². The van der Waals surface area contributed by atoms with Gasteiger partial charge in [0, 0.05) is 17.5 Å². The first-order valence-corrected chi connectivity index (χ1v) is 8.29. The smallest absolute Gasteiger partial charge is 0.269 e. The SMILES string of the molecule is COc1ccc(C(C)=O)cc1CN1C(=O)CON=C1Cc1ccccc1. The molecule has 2 aromatic carbocycles. The molecule has 1 aliphatic rings. The molecule has 134 valence electrons. The molecule has 0 aromatic heterocycles. The molecule has 2 aromatic rings. The lowest BCUT2D eigenvalue weighted by Gasteiger charge is -2.27. The Balaban J connectivity index is 1.89. The van der Waals surface area contributed by atoms with Crippen LogP contribution in [0.25, 0.3) is 0 Å². The highest BCUT2D eigenvalue weighted by molar-refractivity contribution is 6.00. The Hall–Kier alpha value is -3.15. The average Bonchev–Trinajstić information content (AvgIpc) is 2.65. The maximum Gasteiger partial charge on any atom is 0.269 e. The highest BCUT2D eigenvalue weighted by Gasteiger charge is 2.26. The van der Waals surface area contributed by atoms with Crippen molar-refractivity contribution < 1.29 is 19.2 Å². The Morgan fingerprint density at radius 3 is 2.69 bits per heavy atom. The molecule has 0 fully saturated rings. The summed E-state index contributed by atoms with van der Waals surface area (Å²) in [6.07, 6.45) is 0.474. The van der Waals surface area contributed by atoms with E-state index in [-0.39, 0.29) is 24.8 Å². The molecule has 0 saturated carbocycles. The molecule has 6 heteroatoms. The number of ketones is 1. The molecule has 0 N–H and O–H groups in total. The van der Waals surface area contributed by atoms with E-state index < -0.39 is 0 Å². The normalized spacial score (nSPS) is 13.8. The highest BCUT2D eigenvalue weighted by Crippen LogP contribution is 2.23. The summed E-state index contributed by atoms with van der Waals surface area (Å²) in [5.41, 5.74) is 2.35. The van der Waals surface area contributed by atoms with E-state index in [1.54, 1.807) is 30.2 Å². The molecular formula is C20H20N2O4. The second-order valence-corrected chi connectivity index (χ2v) is 6.01. The van der Waals surface area contributed by atoms with Crippen molar-refractivity contribution in [2.75, 3.05) is 13.7 Å². The number of carbonyl (C=O) groups is 2.